The van der Waals surface area contributed by atoms with Crippen molar-refractivity contribution < 1.29 is 14.7 Å². The van der Waals surface area contributed by atoms with Crippen LogP contribution in [0.4, 0.5) is 0 Å². The number of hydrogen-bond donors (Lipinski definition) is 3. The van der Waals surface area contributed by atoms with Gasteiger partial charge in [0.15, 0.2) is 0 Å². The zero-order valence-electron chi connectivity index (χ0n) is 20.2. The van der Waals surface area contributed by atoms with E-state index in [4.69, 9.17) is 0 Å². The predicted molar refractivity (Wildman–Crippen MR) is 136 cm³/mol. The zero-order chi connectivity index (χ0) is 24.3. The molecule has 0 heterocycles. The minimum Gasteiger partial charge on any atom is -0.480 e. The second kappa shape index (κ2) is 9.98. The van der Waals surface area contributed by atoms with E-state index in [0.717, 1.165) is 19.3 Å². The van der Waals surface area contributed by atoms with Gasteiger partial charge in [-0.15, -0.1) is 0 Å². The van der Waals surface area contributed by atoms with Crippen LogP contribution in [0.15, 0.2) is 66.7 Å². The van der Waals surface area contributed by atoms with Gasteiger partial charge in [-0.1, -0.05) is 61.0 Å². The van der Waals surface area contributed by atoms with Gasteiger partial charge in [-0.3, -0.25) is 4.79 Å². The van der Waals surface area contributed by atoms with Crippen LogP contribution in [-0.4, -0.2) is 28.6 Å². The molecule has 3 N–H and O–H groups in total. The second-order valence-corrected chi connectivity index (χ2v) is 10.0. The van der Waals surface area contributed by atoms with Crippen LogP contribution in [0.5, 0.6) is 0 Å². The summed E-state index contributed by atoms with van der Waals surface area (Å²) in [5.41, 5.74) is 1.74. The normalized spacial score (nSPS) is 19.5. The molecule has 0 saturated heterocycles. The van der Waals surface area contributed by atoms with Crippen LogP contribution >= 0.6 is 0 Å². The fraction of sp³-hybridized carbons (Fsp3) is 0.379. The van der Waals surface area contributed by atoms with Crippen molar-refractivity contribution in [2.45, 2.75) is 70.0 Å². The van der Waals surface area contributed by atoms with Crippen LogP contribution in [0.3, 0.4) is 0 Å². The fourth-order valence-electron chi connectivity index (χ4n) is 5.03. The molecule has 1 aliphatic carbocycles. The lowest BCUT2D eigenvalue weighted by atomic mass is 9.80. The monoisotopic (exact) mass is 458 g/mol. The molecule has 0 spiro atoms. The molecule has 0 radical (unpaired) electrons. The Kier molecular flexibility index (Phi) is 7.03. The smallest absolute Gasteiger partial charge is 0.328 e. The molecule has 0 aliphatic heterocycles. The van der Waals surface area contributed by atoms with Crippen molar-refractivity contribution in [3.63, 3.8) is 0 Å². The molecular formula is C29H34N2O3. The summed E-state index contributed by atoms with van der Waals surface area (Å²) in [7, 11) is 0. The Morgan fingerprint density at radius 2 is 1.68 bits per heavy atom. The highest BCUT2D eigenvalue weighted by Crippen LogP contribution is 2.34. The first kappa shape index (κ1) is 24.0. The van der Waals surface area contributed by atoms with E-state index in [9.17, 15) is 14.7 Å². The lowest BCUT2D eigenvalue weighted by Crippen LogP contribution is -2.49. The number of nitrogens with one attached hydrogen (secondary N) is 2. The van der Waals surface area contributed by atoms with Gasteiger partial charge >= 0.3 is 5.97 Å². The van der Waals surface area contributed by atoms with E-state index in [1.54, 1.807) is 12.1 Å². The Morgan fingerprint density at radius 1 is 0.971 bits per heavy atom. The molecule has 34 heavy (non-hydrogen) atoms. The summed E-state index contributed by atoms with van der Waals surface area (Å²) in [6.45, 7) is 5.21. The molecule has 2 unspecified atom stereocenters. The van der Waals surface area contributed by atoms with Crippen molar-refractivity contribution in [2.24, 2.45) is 0 Å². The molecule has 5 heteroatoms. The molecule has 3 aromatic rings. The molecule has 0 aromatic heterocycles. The van der Waals surface area contributed by atoms with E-state index in [0.29, 0.717) is 17.5 Å². The van der Waals surface area contributed by atoms with E-state index >= 15 is 0 Å². The SMILES string of the molecule is CC(NC1CCC[C@H](c2ccc(C(=O)NC(C)(C)C(=O)O)cc2)C1)c1cccc2ccccc12. The third-order valence-corrected chi connectivity index (χ3v) is 7.05. The Bertz CT molecular complexity index is 1160. The molecular weight excluding hydrogens is 424 g/mol. The molecule has 5 nitrogen and oxygen atoms in total. The van der Waals surface area contributed by atoms with Crippen LogP contribution in [0, 0.1) is 0 Å². The van der Waals surface area contributed by atoms with Gasteiger partial charge in [0.1, 0.15) is 5.54 Å². The van der Waals surface area contributed by atoms with Crippen LogP contribution < -0.4 is 10.6 Å². The standard InChI is InChI=1S/C29H34N2O3/c1-19(25-13-7-9-21-8-4-5-12-26(21)25)30-24-11-6-10-23(18-24)20-14-16-22(17-15-20)27(32)31-29(2,3)28(33)34/h4-5,7-9,12-17,19,23-24,30H,6,10-11,18H2,1-3H3,(H,31,32)(H,33,34)/t19?,23-,24?/m0/s1. The molecule has 178 valence electrons. The van der Waals surface area contributed by atoms with E-state index in [1.807, 2.05) is 12.1 Å². The van der Waals surface area contributed by atoms with Crippen molar-refractivity contribution in [3.05, 3.63) is 83.4 Å². The number of amides is 1. The highest BCUT2D eigenvalue weighted by atomic mass is 16.4. The highest BCUT2D eigenvalue weighted by molar-refractivity contribution is 5.97. The number of carbonyl (C=O) groups excluding carboxylic acids is 1. The number of carboxylic acids is 1. The summed E-state index contributed by atoms with van der Waals surface area (Å²) in [6, 6.07) is 23.4. The molecule has 3 aromatic carbocycles. The average Bonchev–Trinajstić information content (AvgIpc) is 2.83. The number of rotatable bonds is 7. The predicted octanol–water partition coefficient (Wildman–Crippen LogP) is 5.81. The number of aliphatic carboxylic acids is 1. The Morgan fingerprint density at radius 3 is 2.41 bits per heavy atom. The van der Waals surface area contributed by atoms with Gasteiger partial charge in [0.05, 0.1) is 0 Å². The fourth-order valence-corrected chi connectivity index (χ4v) is 5.03. The zero-order valence-corrected chi connectivity index (χ0v) is 20.2. The maximum Gasteiger partial charge on any atom is 0.328 e. The molecule has 1 saturated carbocycles. The summed E-state index contributed by atoms with van der Waals surface area (Å²) in [5.74, 6) is -0.986. The maximum absolute atomic E-state index is 12.5. The summed E-state index contributed by atoms with van der Waals surface area (Å²) in [6.07, 6.45) is 4.53. The summed E-state index contributed by atoms with van der Waals surface area (Å²) in [4.78, 5) is 23.8. The summed E-state index contributed by atoms with van der Waals surface area (Å²) < 4.78 is 0. The molecule has 4 rings (SSSR count). The van der Waals surface area contributed by atoms with Gasteiger partial charge in [0.2, 0.25) is 0 Å². The van der Waals surface area contributed by atoms with E-state index < -0.39 is 11.5 Å². The first-order chi connectivity index (χ1) is 16.2. The Hall–Kier alpha value is -3.18. The van der Waals surface area contributed by atoms with Crippen LogP contribution in [0.1, 0.15) is 79.9 Å². The van der Waals surface area contributed by atoms with Crippen LogP contribution in [0.2, 0.25) is 0 Å². The molecule has 1 fully saturated rings. The topological polar surface area (TPSA) is 78.4 Å². The minimum atomic E-state index is -1.31. The maximum atomic E-state index is 12.5. The van der Waals surface area contributed by atoms with Crippen molar-refractivity contribution >= 4 is 22.6 Å². The van der Waals surface area contributed by atoms with Gasteiger partial charge in [0, 0.05) is 17.6 Å². The summed E-state index contributed by atoms with van der Waals surface area (Å²) in [5, 5.41) is 18.3. The van der Waals surface area contributed by atoms with E-state index in [2.05, 4.69) is 60.0 Å². The second-order valence-electron chi connectivity index (χ2n) is 10.0. The van der Waals surface area contributed by atoms with Crippen molar-refractivity contribution in [2.75, 3.05) is 0 Å². The number of fused-ring (bicyclic) bond motifs is 1. The average molecular weight is 459 g/mol. The lowest BCUT2D eigenvalue weighted by Gasteiger charge is -2.32. The van der Waals surface area contributed by atoms with Crippen molar-refractivity contribution in [1.82, 2.24) is 10.6 Å². The number of hydrogen-bond acceptors (Lipinski definition) is 3. The molecule has 0 bridgehead atoms. The Balaban J connectivity index is 1.41. The number of carboxylic acid groups (broad SMARTS) is 1. The van der Waals surface area contributed by atoms with Crippen LogP contribution in [0.25, 0.3) is 10.8 Å². The van der Waals surface area contributed by atoms with E-state index in [1.165, 1.54) is 42.2 Å². The third kappa shape index (κ3) is 5.31. The van der Waals surface area contributed by atoms with Crippen LogP contribution in [-0.2, 0) is 4.79 Å². The molecule has 1 amide bonds. The van der Waals surface area contributed by atoms with Crippen molar-refractivity contribution in [3.8, 4) is 0 Å². The Labute approximate surface area is 201 Å². The van der Waals surface area contributed by atoms with Gasteiger partial charge < -0.3 is 15.7 Å². The van der Waals surface area contributed by atoms with Gasteiger partial charge in [-0.05, 0) is 80.0 Å². The third-order valence-electron chi connectivity index (χ3n) is 7.05. The molecule has 1 aliphatic rings. The lowest BCUT2D eigenvalue weighted by molar-refractivity contribution is -0.143. The highest BCUT2D eigenvalue weighted by Gasteiger charge is 2.29. The first-order valence-corrected chi connectivity index (χ1v) is 12.1. The molecule has 3 atom stereocenters. The minimum absolute atomic E-state index is 0.263. The van der Waals surface area contributed by atoms with Gasteiger partial charge in [-0.25, -0.2) is 4.79 Å². The largest absolute Gasteiger partial charge is 0.480 e. The first-order valence-electron chi connectivity index (χ1n) is 12.1. The van der Waals surface area contributed by atoms with Gasteiger partial charge in [0.25, 0.3) is 5.91 Å². The van der Waals surface area contributed by atoms with Gasteiger partial charge in [-0.2, -0.15) is 0 Å². The van der Waals surface area contributed by atoms with Crippen molar-refractivity contribution in [1.29, 1.82) is 0 Å². The number of carbonyl (C=O) groups is 2. The number of benzene rings is 3. The quantitative estimate of drug-likeness (QED) is 0.417. The van der Waals surface area contributed by atoms with E-state index in [-0.39, 0.29) is 11.9 Å². The summed E-state index contributed by atoms with van der Waals surface area (Å²) >= 11 is 0.